The Kier molecular flexibility index (Phi) is 12.2. The van der Waals surface area contributed by atoms with Gasteiger partial charge in [0.05, 0.1) is 11.5 Å². The molecule has 1 atom stereocenters. The molecule has 2 aliphatic rings. The van der Waals surface area contributed by atoms with Crippen molar-refractivity contribution in [1.29, 1.82) is 5.26 Å². The van der Waals surface area contributed by atoms with Crippen LogP contribution in [0.1, 0.15) is 153 Å². The highest BCUT2D eigenvalue weighted by molar-refractivity contribution is 5.26. The molecule has 0 aromatic heterocycles. The molecule has 0 amide bonds. The van der Waals surface area contributed by atoms with Crippen molar-refractivity contribution < 1.29 is 0 Å². The first-order chi connectivity index (χ1) is 17.1. The largest absolute Gasteiger partial charge is 0.198 e. The van der Waals surface area contributed by atoms with Gasteiger partial charge in [-0.05, 0) is 118 Å². The first kappa shape index (κ1) is 28.3. The summed E-state index contributed by atoms with van der Waals surface area (Å²) in [5, 5.41) is 10.1. The Morgan fingerprint density at radius 3 is 2.14 bits per heavy atom. The molecule has 0 bridgehead atoms. The zero-order valence-electron chi connectivity index (χ0n) is 23.5. The Bertz CT molecular complexity index is 725. The highest BCUT2D eigenvalue weighted by atomic mass is 14.4. The lowest BCUT2D eigenvalue weighted by Gasteiger charge is -2.37. The molecule has 3 rings (SSSR count). The summed E-state index contributed by atoms with van der Waals surface area (Å²) in [5.41, 5.74) is 3.09. The van der Waals surface area contributed by atoms with Crippen LogP contribution in [0.25, 0.3) is 0 Å². The van der Waals surface area contributed by atoms with E-state index in [4.69, 9.17) is 0 Å². The molecule has 2 fully saturated rings. The van der Waals surface area contributed by atoms with Gasteiger partial charge in [0.1, 0.15) is 0 Å². The molecule has 0 saturated heterocycles. The number of benzene rings is 1. The minimum Gasteiger partial charge on any atom is -0.198 e. The van der Waals surface area contributed by atoms with Gasteiger partial charge in [-0.25, -0.2) is 0 Å². The van der Waals surface area contributed by atoms with Crippen LogP contribution in [0.5, 0.6) is 0 Å². The summed E-state index contributed by atoms with van der Waals surface area (Å²) in [4.78, 5) is 0. The highest BCUT2D eigenvalue weighted by Crippen LogP contribution is 2.46. The van der Waals surface area contributed by atoms with E-state index in [0.29, 0.717) is 0 Å². The lowest BCUT2D eigenvalue weighted by molar-refractivity contribution is 0.160. The first-order valence-corrected chi connectivity index (χ1v) is 15.6. The van der Waals surface area contributed by atoms with Crippen LogP contribution in [0.3, 0.4) is 0 Å². The van der Waals surface area contributed by atoms with Crippen molar-refractivity contribution in [2.24, 2.45) is 23.2 Å². The number of aryl methyl sites for hydroxylation is 1. The number of unbranched alkanes of at least 4 members (excludes halogenated alkanes) is 5. The zero-order chi connectivity index (χ0) is 24.9. The van der Waals surface area contributed by atoms with E-state index in [0.717, 1.165) is 42.9 Å². The minimum absolute atomic E-state index is 0.00532. The standard InChI is InChI=1S/C34H55N/c1-4-6-7-8-9-10-11-29-12-16-32(17-13-29)33-18-14-30(15-19-33)20-23-34(27-35)24-21-31(22-25-34)26-28(3)5-2/h12-13,16-17,28,30-31,33H,4-11,14-15,18-26H2,1-3H3/t28?,30-,31-,33-,34-. The second kappa shape index (κ2) is 15.1. The smallest absolute Gasteiger partial charge is 0.0689 e. The maximum atomic E-state index is 10.1. The Balaban J connectivity index is 1.35. The van der Waals surface area contributed by atoms with Gasteiger partial charge in [0, 0.05) is 0 Å². The number of hydrogen-bond acceptors (Lipinski definition) is 1. The molecule has 0 aliphatic heterocycles. The van der Waals surface area contributed by atoms with Gasteiger partial charge in [-0.3, -0.25) is 0 Å². The predicted octanol–water partition coefficient (Wildman–Crippen LogP) is 10.8. The van der Waals surface area contributed by atoms with Crippen LogP contribution in [-0.4, -0.2) is 0 Å². The predicted molar refractivity (Wildman–Crippen MR) is 152 cm³/mol. The molecule has 1 aromatic carbocycles. The summed E-state index contributed by atoms with van der Waals surface area (Å²) >= 11 is 0. The van der Waals surface area contributed by atoms with Gasteiger partial charge >= 0.3 is 0 Å². The van der Waals surface area contributed by atoms with Gasteiger partial charge in [0.15, 0.2) is 0 Å². The molecular weight excluding hydrogens is 422 g/mol. The zero-order valence-corrected chi connectivity index (χ0v) is 23.5. The van der Waals surface area contributed by atoms with Crippen molar-refractivity contribution in [2.75, 3.05) is 0 Å². The van der Waals surface area contributed by atoms with Crippen molar-refractivity contribution in [3.63, 3.8) is 0 Å². The normalized spacial score (nSPS) is 27.9. The van der Waals surface area contributed by atoms with Crippen molar-refractivity contribution in [1.82, 2.24) is 0 Å². The van der Waals surface area contributed by atoms with Crippen LogP contribution in [0.4, 0.5) is 0 Å². The summed E-state index contributed by atoms with van der Waals surface area (Å²) in [7, 11) is 0. The lowest BCUT2D eigenvalue weighted by Crippen LogP contribution is -2.28. The molecule has 1 unspecified atom stereocenters. The molecule has 0 radical (unpaired) electrons. The number of nitrogens with zero attached hydrogens (tertiary/aromatic N) is 1. The van der Waals surface area contributed by atoms with Crippen molar-refractivity contribution >= 4 is 0 Å². The number of hydrogen-bond donors (Lipinski definition) is 0. The molecule has 0 heterocycles. The summed E-state index contributed by atoms with van der Waals surface area (Å²) in [5.74, 6) is 3.33. The van der Waals surface area contributed by atoms with Gasteiger partial charge in [-0.1, -0.05) is 83.6 Å². The van der Waals surface area contributed by atoms with Crippen molar-refractivity contribution in [3.8, 4) is 6.07 Å². The van der Waals surface area contributed by atoms with Crippen LogP contribution in [0.15, 0.2) is 24.3 Å². The van der Waals surface area contributed by atoms with Crippen molar-refractivity contribution in [3.05, 3.63) is 35.4 Å². The van der Waals surface area contributed by atoms with Gasteiger partial charge < -0.3 is 0 Å². The van der Waals surface area contributed by atoms with E-state index in [1.165, 1.54) is 108 Å². The summed E-state index contributed by atoms with van der Waals surface area (Å²) in [6.45, 7) is 7.00. The molecule has 0 spiro atoms. The van der Waals surface area contributed by atoms with Crippen molar-refractivity contribution in [2.45, 2.75) is 149 Å². The third kappa shape index (κ3) is 9.26. The quantitative estimate of drug-likeness (QED) is 0.244. The van der Waals surface area contributed by atoms with Gasteiger partial charge in [-0.15, -0.1) is 0 Å². The average molecular weight is 478 g/mol. The third-order valence-corrected chi connectivity index (χ3v) is 9.88. The van der Waals surface area contributed by atoms with E-state index >= 15 is 0 Å². The van der Waals surface area contributed by atoms with E-state index in [1.54, 1.807) is 5.56 Å². The maximum Gasteiger partial charge on any atom is 0.0689 e. The topological polar surface area (TPSA) is 23.8 Å². The van der Waals surface area contributed by atoms with Crippen LogP contribution in [-0.2, 0) is 6.42 Å². The van der Waals surface area contributed by atoms with Crippen LogP contribution >= 0.6 is 0 Å². The molecule has 1 aromatic rings. The van der Waals surface area contributed by atoms with Crippen LogP contribution in [0.2, 0.25) is 0 Å². The van der Waals surface area contributed by atoms with E-state index in [1.807, 2.05) is 0 Å². The lowest BCUT2D eigenvalue weighted by atomic mass is 9.66. The fourth-order valence-electron chi connectivity index (χ4n) is 6.95. The average Bonchev–Trinajstić information content (AvgIpc) is 2.91. The fraction of sp³-hybridized carbons (Fsp3) is 0.794. The molecule has 0 N–H and O–H groups in total. The van der Waals surface area contributed by atoms with Gasteiger partial charge in [0.25, 0.3) is 0 Å². The number of rotatable bonds is 14. The molecule has 196 valence electrons. The van der Waals surface area contributed by atoms with E-state index < -0.39 is 0 Å². The SMILES string of the molecule is CCCCCCCCc1ccc([C@H]2CC[C@H](CC[C@]3(C#N)CC[C@H](CC(C)CC)CC3)CC2)cc1. The Morgan fingerprint density at radius 2 is 1.51 bits per heavy atom. The molecule has 1 nitrogen and oxygen atoms in total. The summed E-state index contributed by atoms with van der Waals surface area (Å²) in [6, 6.07) is 12.5. The Labute approximate surface area is 218 Å². The molecule has 35 heavy (non-hydrogen) atoms. The Hall–Kier alpha value is -1.29. The highest BCUT2D eigenvalue weighted by Gasteiger charge is 2.36. The molecule has 2 aliphatic carbocycles. The molecule has 2 saturated carbocycles. The monoisotopic (exact) mass is 477 g/mol. The van der Waals surface area contributed by atoms with E-state index in [9.17, 15) is 5.26 Å². The van der Waals surface area contributed by atoms with Gasteiger partial charge in [-0.2, -0.15) is 5.26 Å². The summed E-state index contributed by atoms with van der Waals surface area (Å²) in [6.07, 6.45) is 25.0. The number of nitriles is 1. The van der Waals surface area contributed by atoms with Crippen LogP contribution in [0, 0.1) is 34.5 Å². The van der Waals surface area contributed by atoms with E-state index in [-0.39, 0.29) is 5.41 Å². The fourth-order valence-corrected chi connectivity index (χ4v) is 6.95. The molecular formula is C34H55N. The maximum absolute atomic E-state index is 10.1. The molecule has 1 heteroatoms. The first-order valence-electron chi connectivity index (χ1n) is 15.6. The van der Waals surface area contributed by atoms with Gasteiger partial charge in [0.2, 0.25) is 0 Å². The Morgan fingerprint density at radius 1 is 0.857 bits per heavy atom. The minimum atomic E-state index is -0.00532. The second-order valence-corrected chi connectivity index (χ2v) is 12.6. The van der Waals surface area contributed by atoms with Crippen LogP contribution < -0.4 is 0 Å². The third-order valence-electron chi connectivity index (χ3n) is 9.88. The van der Waals surface area contributed by atoms with E-state index in [2.05, 4.69) is 51.1 Å². The summed E-state index contributed by atoms with van der Waals surface area (Å²) < 4.78 is 0. The second-order valence-electron chi connectivity index (χ2n) is 12.6.